The van der Waals surface area contributed by atoms with Gasteiger partial charge in [0.1, 0.15) is 0 Å². The second-order valence-corrected chi connectivity index (χ2v) is 7.72. The van der Waals surface area contributed by atoms with E-state index in [1.165, 1.54) is 0 Å². The standard InChI is InChI=1S/C5H11O.C4H4F5.O.Sn/c1-2-3-4-5-6;5-1-2(6)3(7)4(8)9;;/h2-5H2,1H3;1-4H;;/q-1;;;+1. The van der Waals surface area contributed by atoms with Gasteiger partial charge in [0.2, 0.25) is 0 Å². The number of hydrogen-bond donors (Lipinski definition) is 0. The molecule has 0 fully saturated rings. The summed E-state index contributed by atoms with van der Waals surface area (Å²) in [5, 5.41) is 0. The maximum absolute atomic E-state index is 13.0. The molecule has 0 saturated heterocycles. The van der Waals surface area contributed by atoms with Gasteiger partial charge in [0.05, 0.1) is 0 Å². The molecule has 0 aliphatic heterocycles. The zero-order valence-electron chi connectivity index (χ0n) is 9.34. The van der Waals surface area contributed by atoms with E-state index in [9.17, 15) is 25.0 Å². The molecule has 0 N–H and O–H groups in total. The predicted molar refractivity (Wildman–Crippen MR) is 52.6 cm³/mol. The molecule has 0 aliphatic rings. The molecule has 0 aromatic rings. The third-order valence-corrected chi connectivity index (χ3v) is 5.63. The topological polar surface area (TPSA) is 26.3 Å². The maximum atomic E-state index is 13.0. The zero-order valence-corrected chi connectivity index (χ0v) is 12.2. The van der Waals surface area contributed by atoms with Gasteiger partial charge in [-0.1, -0.05) is 0 Å². The van der Waals surface area contributed by atoms with Gasteiger partial charge in [0.25, 0.3) is 0 Å². The molecule has 0 saturated carbocycles. The summed E-state index contributed by atoms with van der Waals surface area (Å²) < 4.78 is 74.7. The van der Waals surface area contributed by atoms with Crippen molar-refractivity contribution in [3.8, 4) is 0 Å². The summed E-state index contributed by atoms with van der Waals surface area (Å²) in [4.78, 5) is 0. The van der Waals surface area contributed by atoms with Crippen molar-refractivity contribution in [1.82, 2.24) is 0 Å². The quantitative estimate of drug-likeness (QED) is 0.355. The van der Waals surface area contributed by atoms with Crippen molar-refractivity contribution in [3.05, 3.63) is 0 Å². The van der Waals surface area contributed by atoms with Crippen LogP contribution in [0.2, 0.25) is 0 Å². The number of halogens is 5. The Morgan fingerprint density at radius 3 is 2.12 bits per heavy atom. The molecule has 0 heterocycles. The van der Waals surface area contributed by atoms with E-state index in [1.807, 2.05) is 6.92 Å². The minimum absolute atomic E-state index is 0.00904. The van der Waals surface area contributed by atoms with E-state index in [4.69, 9.17) is 0 Å². The third-order valence-electron chi connectivity index (χ3n) is 2.04. The van der Waals surface area contributed by atoms with Crippen LogP contribution in [-0.2, 0) is 6.15 Å². The first kappa shape index (κ1) is 17.2. The van der Waals surface area contributed by atoms with Crippen molar-refractivity contribution in [2.75, 3.05) is 6.61 Å². The fraction of sp³-hybridized carbons (Fsp3) is 1.00. The molecule has 2 nitrogen and oxygen atoms in total. The molecular weight excluding hydrogens is 354 g/mol. The first-order chi connectivity index (χ1) is 7.91. The van der Waals surface area contributed by atoms with E-state index in [0.717, 1.165) is 12.8 Å². The van der Waals surface area contributed by atoms with E-state index >= 15 is 0 Å². The van der Waals surface area contributed by atoms with Gasteiger partial charge in [-0.2, -0.15) is 0 Å². The van der Waals surface area contributed by atoms with Crippen molar-refractivity contribution in [2.24, 2.45) is 0 Å². The normalized spacial score (nSPS) is 16.9. The van der Waals surface area contributed by atoms with Crippen LogP contribution in [0.5, 0.6) is 0 Å². The van der Waals surface area contributed by atoms with Gasteiger partial charge in [-0.25, -0.2) is 0 Å². The van der Waals surface area contributed by atoms with E-state index in [2.05, 4.69) is 3.07 Å². The summed E-state index contributed by atoms with van der Waals surface area (Å²) >= 11 is -4.44. The molecule has 17 heavy (non-hydrogen) atoms. The van der Waals surface area contributed by atoms with Crippen molar-refractivity contribution in [2.45, 2.75) is 49.1 Å². The van der Waals surface area contributed by atoms with Crippen LogP contribution in [0.3, 0.4) is 0 Å². The van der Waals surface area contributed by atoms with Crippen LogP contribution in [0.25, 0.3) is 0 Å². The van der Waals surface area contributed by atoms with Crippen LogP contribution in [-0.4, -0.2) is 49.7 Å². The molecule has 0 radical (unpaired) electrons. The molecule has 0 rings (SSSR count). The fourth-order valence-corrected chi connectivity index (χ4v) is 3.74. The molecular formula is C9H15F5O2Sn. The Bertz CT molecular complexity index is 229. The molecule has 0 aliphatic carbocycles. The van der Waals surface area contributed by atoms with Gasteiger partial charge in [-0.3, -0.25) is 0 Å². The second-order valence-electron chi connectivity index (χ2n) is 3.50. The summed E-state index contributed by atoms with van der Waals surface area (Å²) in [6, 6.07) is 0. The Balaban J connectivity index is 4.02. The predicted octanol–water partition coefficient (Wildman–Crippen LogP) is 2.93. The summed E-state index contributed by atoms with van der Waals surface area (Å²) in [5.41, 5.74) is 0. The first-order valence-corrected chi connectivity index (χ1v) is 9.26. The fourth-order valence-electron chi connectivity index (χ4n) is 1.03. The number of alkyl halides is 5. The van der Waals surface area contributed by atoms with Crippen LogP contribution in [0.15, 0.2) is 0 Å². The first-order valence-electron chi connectivity index (χ1n) is 5.28. The minimum atomic E-state index is -4.44. The average Bonchev–Trinajstić information content (AvgIpc) is 2.31. The van der Waals surface area contributed by atoms with E-state index < -0.39 is 43.1 Å². The van der Waals surface area contributed by atoms with Crippen molar-refractivity contribution in [1.29, 1.82) is 0 Å². The van der Waals surface area contributed by atoms with Gasteiger partial charge < -0.3 is 0 Å². The van der Waals surface area contributed by atoms with Crippen molar-refractivity contribution in [3.63, 3.8) is 0 Å². The van der Waals surface area contributed by atoms with Crippen LogP contribution >= 0.6 is 0 Å². The van der Waals surface area contributed by atoms with Gasteiger partial charge >= 0.3 is 104 Å². The van der Waals surface area contributed by atoms with Crippen LogP contribution < -0.4 is 0 Å². The van der Waals surface area contributed by atoms with E-state index in [-0.39, 0.29) is 6.61 Å². The molecule has 3 unspecified atom stereocenters. The van der Waals surface area contributed by atoms with E-state index in [0.29, 0.717) is 6.42 Å². The molecule has 8 heteroatoms. The van der Waals surface area contributed by atoms with Crippen LogP contribution in [0.1, 0.15) is 26.2 Å². The molecule has 0 bridgehead atoms. The Morgan fingerprint density at radius 1 is 1.06 bits per heavy atom. The molecule has 3 atom stereocenters. The van der Waals surface area contributed by atoms with Crippen LogP contribution in [0.4, 0.5) is 22.0 Å². The van der Waals surface area contributed by atoms with Crippen LogP contribution in [0, 0.1) is 0 Å². The van der Waals surface area contributed by atoms with Gasteiger partial charge in [0, 0.05) is 0 Å². The number of rotatable bonds is 9. The Kier molecular flexibility index (Phi) is 9.29. The third kappa shape index (κ3) is 6.63. The van der Waals surface area contributed by atoms with Crippen molar-refractivity contribution >= 4 is 20.2 Å². The van der Waals surface area contributed by atoms with Gasteiger partial charge in [0.15, 0.2) is 0 Å². The number of hydrogen-bond acceptors (Lipinski definition) is 2. The molecule has 102 valence electrons. The Morgan fingerprint density at radius 2 is 1.65 bits per heavy atom. The summed E-state index contributed by atoms with van der Waals surface area (Å²) in [7, 11) is 0. The summed E-state index contributed by atoms with van der Waals surface area (Å²) in [6.07, 6.45) is -7.79. The SMILES string of the molecule is CCCCC[O][Sn](=[O])[CH](F)C(F)C(F)C(F)F. The summed E-state index contributed by atoms with van der Waals surface area (Å²) in [6.45, 7) is 1.90. The summed E-state index contributed by atoms with van der Waals surface area (Å²) in [5.74, 6) is 0. The Labute approximate surface area is 104 Å². The molecule has 0 amide bonds. The molecule has 0 aromatic carbocycles. The van der Waals surface area contributed by atoms with Gasteiger partial charge in [-0.15, -0.1) is 0 Å². The monoisotopic (exact) mass is 370 g/mol. The van der Waals surface area contributed by atoms with Gasteiger partial charge in [-0.05, 0) is 0 Å². The molecule has 0 aromatic heterocycles. The van der Waals surface area contributed by atoms with E-state index in [1.54, 1.807) is 0 Å². The Hall–Kier alpha value is 0.209. The number of unbranched alkanes of at least 4 members (excludes halogenated alkanes) is 2. The average molecular weight is 369 g/mol. The second kappa shape index (κ2) is 9.18. The molecule has 0 spiro atoms. The van der Waals surface area contributed by atoms with Crippen molar-refractivity contribution < 1.29 is 28.1 Å². The zero-order chi connectivity index (χ0) is 13.4.